The molecule has 0 saturated heterocycles. The van der Waals surface area contributed by atoms with Gasteiger partial charge in [-0.15, -0.1) is 0 Å². The molecule has 154 valence electrons. The molecule has 0 aliphatic rings. The number of fused-ring (bicyclic) bond motifs is 1. The van der Waals surface area contributed by atoms with Gasteiger partial charge in [-0.2, -0.15) is 0 Å². The summed E-state index contributed by atoms with van der Waals surface area (Å²) in [5, 5.41) is 1.56. The van der Waals surface area contributed by atoms with Gasteiger partial charge in [0.25, 0.3) is 0 Å². The lowest BCUT2D eigenvalue weighted by molar-refractivity contribution is -0.144. The van der Waals surface area contributed by atoms with E-state index in [1.54, 1.807) is 0 Å². The molecule has 0 aliphatic heterocycles. The molecular weight excluding hydrogens is 410 g/mol. The zero-order valence-electron chi connectivity index (χ0n) is 16.7. The van der Waals surface area contributed by atoms with Crippen molar-refractivity contribution in [3.63, 3.8) is 0 Å². The summed E-state index contributed by atoms with van der Waals surface area (Å²) in [6.45, 7) is 1.94. The predicted octanol–water partition coefficient (Wildman–Crippen LogP) is 4.67. The molecule has 1 atom stereocenters. The molecule has 0 amide bonds. The number of ether oxygens (including phenoxy) is 1. The summed E-state index contributed by atoms with van der Waals surface area (Å²) in [7, 11) is -1.70. The van der Waals surface area contributed by atoms with Crippen LogP contribution < -0.4 is 0 Å². The molecular formula is C22H24ClNO4S. The van der Waals surface area contributed by atoms with Crippen LogP contribution in [0.5, 0.6) is 0 Å². The number of methoxy groups -OCH3 is 1. The van der Waals surface area contributed by atoms with Gasteiger partial charge in [0.05, 0.1) is 12.9 Å². The number of carbonyl (C=O) groups excluding carboxylic acids is 1. The number of halogens is 1. The number of nitrogens with zero attached hydrogens (tertiary/aromatic N) is 1. The lowest BCUT2D eigenvalue weighted by atomic mass is 10.1. The van der Waals surface area contributed by atoms with Gasteiger partial charge in [-0.3, -0.25) is 0 Å². The molecule has 7 heteroatoms. The third kappa shape index (κ3) is 4.65. The van der Waals surface area contributed by atoms with Gasteiger partial charge < -0.3 is 9.30 Å². The monoisotopic (exact) mass is 433 g/mol. The smallest absolute Gasteiger partial charge is 0.328 e. The predicted molar refractivity (Wildman–Crippen MR) is 117 cm³/mol. The van der Waals surface area contributed by atoms with Crippen LogP contribution in [0.2, 0.25) is 5.02 Å². The van der Waals surface area contributed by atoms with Crippen LogP contribution in [0.15, 0.2) is 48.5 Å². The van der Waals surface area contributed by atoms with Crippen LogP contribution >= 0.6 is 11.6 Å². The van der Waals surface area contributed by atoms with Crippen molar-refractivity contribution in [2.75, 3.05) is 19.1 Å². The summed E-state index contributed by atoms with van der Waals surface area (Å²) in [5.74, 6) is -0.247. The highest BCUT2D eigenvalue weighted by atomic mass is 35.5. The van der Waals surface area contributed by atoms with Crippen LogP contribution in [-0.2, 0) is 25.8 Å². The maximum absolute atomic E-state index is 12.5. The molecule has 3 rings (SSSR count). The van der Waals surface area contributed by atoms with E-state index in [0.717, 1.165) is 27.7 Å². The fourth-order valence-electron chi connectivity index (χ4n) is 3.60. The Hall–Kier alpha value is -2.31. The molecule has 0 spiro atoms. The number of benzene rings is 2. The van der Waals surface area contributed by atoms with Gasteiger partial charge in [-0.05, 0) is 48.2 Å². The van der Waals surface area contributed by atoms with Crippen molar-refractivity contribution in [1.82, 2.24) is 4.57 Å². The lowest BCUT2D eigenvalue weighted by Crippen LogP contribution is -2.20. The van der Waals surface area contributed by atoms with E-state index in [1.807, 2.05) is 60.0 Å². The number of hydrogen-bond acceptors (Lipinski definition) is 4. The Morgan fingerprint density at radius 2 is 1.86 bits per heavy atom. The molecule has 1 unspecified atom stereocenters. The summed E-state index contributed by atoms with van der Waals surface area (Å²) < 4.78 is 30.4. The second-order valence-corrected chi connectivity index (χ2v) is 9.78. The second kappa shape index (κ2) is 8.59. The molecule has 0 N–H and O–H groups in total. The molecule has 29 heavy (non-hydrogen) atoms. The molecule has 2 aromatic carbocycles. The summed E-state index contributed by atoms with van der Waals surface area (Å²) in [4.78, 5) is 12.5. The third-order valence-electron chi connectivity index (χ3n) is 5.03. The van der Waals surface area contributed by atoms with E-state index in [1.165, 1.54) is 13.4 Å². The summed E-state index contributed by atoms with van der Waals surface area (Å²) in [5.41, 5.74) is 3.59. The van der Waals surface area contributed by atoms with Crippen molar-refractivity contribution in [3.8, 4) is 11.3 Å². The van der Waals surface area contributed by atoms with Gasteiger partial charge in [0, 0.05) is 27.9 Å². The Bertz CT molecular complexity index is 1130. The molecule has 0 fully saturated rings. The van der Waals surface area contributed by atoms with E-state index in [2.05, 4.69) is 0 Å². The second-order valence-electron chi connectivity index (χ2n) is 7.08. The molecule has 5 nitrogen and oxygen atoms in total. The Balaban J connectivity index is 2.25. The number of hydrogen-bond donors (Lipinski definition) is 0. The molecule has 1 heterocycles. The van der Waals surface area contributed by atoms with E-state index in [4.69, 9.17) is 16.3 Å². The van der Waals surface area contributed by atoms with Crippen molar-refractivity contribution in [1.29, 1.82) is 0 Å². The average molecular weight is 434 g/mol. The number of sulfone groups is 1. The Labute approximate surface area is 176 Å². The minimum absolute atomic E-state index is 0.0712. The van der Waals surface area contributed by atoms with Crippen LogP contribution in [0.1, 0.15) is 24.9 Å². The number of rotatable bonds is 7. The lowest BCUT2D eigenvalue weighted by Gasteiger charge is -2.20. The summed E-state index contributed by atoms with van der Waals surface area (Å²) >= 11 is 6.05. The van der Waals surface area contributed by atoms with Crippen LogP contribution in [-0.4, -0.2) is 38.1 Å². The number of carbonyl (C=O) groups is 1. The molecule has 3 aromatic rings. The molecule has 1 aromatic heterocycles. The topological polar surface area (TPSA) is 65.4 Å². The maximum atomic E-state index is 12.5. The number of aryl methyl sites for hydroxylation is 1. The first-order valence-electron chi connectivity index (χ1n) is 9.39. The van der Waals surface area contributed by atoms with Gasteiger partial charge in [0.15, 0.2) is 0 Å². The maximum Gasteiger partial charge on any atom is 0.328 e. The van der Waals surface area contributed by atoms with Crippen LogP contribution in [0.4, 0.5) is 0 Å². The first kappa shape index (κ1) is 21.4. The van der Waals surface area contributed by atoms with Crippen molar-refractivity contribution in [3.05, 3.63) is 59.1 Å². The standard InChI is InChI=1S/C22H24ClNO4S/c1-4-19(22(25)28-2)24-20-7-5-6-15(12-13-29(3,26)27)18(20)14-21(24)16-8-10-17(23)11-9-16/h5-11,14,19H,4,12-13H2,1-3H3. The fourth-order valence-corrected chi connectivity index (χ4v) is 4.31. The van der Waals surface area contributed by atoms with Crippen molar-refractivity contribution >= 4 is 38.3 Å². The van der Waals surface area contributed by atoms with E-state index < -0.39 is 15.9 Å². The van der Waals surface area contributed by atoms with Gasteiger partial charge in [-0.1, -0.05) is 42.8 Å². The van der Waals surface area contributed by atoms with E-state index in [9.17, 15) is 13.2 Å². The van der Waals surface area contributed by atoms with Gasteiger partial charge >= 0.3 is 5.97 Å². The molecule has 0 bridgehead atoms. The van der Waals surface area contributed by atoms with Crippen LogP contribution in [0, 0.1) is 0 Å². The van der Waals surface area contributed by atoms with Gasteiger partial charge in [-0.25, -0.2) is 13.2 Å². The zero-order valence-corrected chi connectivity index (χ0v) is 18.3. The largest absolute Gasteiger partial charge is 0.467 e. The van der Waals surface area contributed by atoms with Crippen molar-refractivity contribution in [2.24, 2.45) is 0 Å². The van der Waals surface area contributed by atoms with Crippen molar-refractivity contribution < 1.29 is 17.9 Å². The minimum atomic E-state index is -3.09. The molecule has 0 radical (unpaired) electrons. The highest BCUT2D eigenvalue weighted by Gasteiger charge is 2.25. The summed E-state index contributed by atoms with van der Waals surface area (Å²) in [6, 6.07) is 14.7. The average Bonchev–Trinajstić information content (AvgIpc) is 3.06. The normalized spacial score (nSPS) is 12.8. The highest BCUT2D eigenvalue weighted by Crippen LogP contribution is 2.35. The Morgan fingerprint density at radius 1 is 1.17 bits per heavy atom. The molecule has 0 aliphatic carbocycles. The first-order chi connectivity index (χ1) is 13.7. The third-order valence-corrected chi connectivity index (χ3v) is 6.23. The van der Waals surface area contributed by atoms with Crippen LogP contribution in [0.3, 0.4) is 0 Å². The Kier molecular flexibility index (Phi) is 6.34. The van der Waals surface area contributed by atoms with E-state index in [-0.39, 0.29) is 11.7 Å². The number of esters is 1. The highest BCUT2D eigenvalue weighted by molar-refractivity contribution is 7.90. The quantitative estimate of drug-likeness (QED) is 0.508. The van der Waals surface area contributed by atoms with Gasteiger partial charge in [0.1, 0.15) is 15.9 Å². The first-order valence-corrected chi connectivity index (χ1v) is 11.8. The van der Waals surface area contributed by atoms with E-state index in [0.29, 0.717) is 17.9 Å². The van der Waals surface area contributed by atoms with E-state index >= 15 is 0 Å². The minimum Gasteiger partial charge on any atom is -0.467 e. The van der Waals surface area contributed by atoms with Crippen LogP contribution in [0.25, 0.3) is 22.2 Å². The number of aromatic nitrogens is 1. The fraction of sp³-hybridized carbons (Fsp3) is 0.318. The zero-order chi connectivity index (χ0) is 21.2. The summed E-state index contributed by atoms with van der Waals surface area (Å²) in [6.07, 6.45) is 2.21. The van der Waals surface area contributed by atoms with Gasteiger partial charge in [0.2, 0.25) is 0 Å². The van der Waals surface area contributed by atoms with Crippen molar-refractivity contribution in [2.45, 2.75) is 25.8 Å². The Morgan fingerprint density at radius 3 is 2.45 bits per heavy atom. The SMILES string of the molecule is CCC(C(=O)OC)n1c(-c2ccc(Cl)cc2)cc2c(CCS(C)(=O)=O)cccc21. The molecule has 0 saturated carbocycles.